The van der Waals surface area contributed by atoms with Gasteiger partial charge in [-0.3, -0.25) is 24.1 Å². The van der Waals surface area contributed by atoms with Crippen LogP contribution in [0.1, 0.15) is 46.6 Å². The second-order valence-corrected chi connectivity index (χ2v) is 15.5. The summed E-state index contributed by atoms with van der Waals surface area (Å²) in [6.07, 6.45) is 7.51. The topological polar surface area (TPSA) is 110 Å². The molecule has 59 heavy (non-hydrogen) atoms. The number of phenolic OH excluding ortho intramolecular Hbond substituents is 1. The third-order valence-corrected chi connectivity index (χ3v) is 12.7. The molecule has 1 saturated heterocycles. The van der Waals surface area contributed by atoms with Gasteiger partial charge in [-0.2, -0.15) is 0 Å². The van der Waals surface area contributed by atoms with Crippen molar-refractivity contribution in [3.8, 4) is 17.2 Å². The molecular formula is C50H40FNO7. The second kappa shape index (κ2) is 14.8. The van der Waals surface area contributed by atoms with Crippen LogP contribution in [0.25, 0.3) is 17.7 Å². The standard InChI is InChI=1S/C50H40FNO7/c1-58-35-20-24-43(59-2)31(25-35)16-13-29-14-18-34(19-15-29)52-48(56)37-22-21-36-39(45(37)49(52)57)27-40-47(55)38(30-9-5-3-6-10-30)28-44(54)50(40,33-11-7-4-8-12-33)46(36)32-17-23-42(53)41(51)26-32/h3-21,23-26,28,37,39-40,45-46,53H,22,27H2,1-2H3. The minimum absolute atomic E-state index is 0.123. The third-order valence-electron chi connectivity index (χ3n) is 12.7. The first kappa shape index (κ1) is 37.7. The van der Waals surface area contributed by atoms with E-state index in [1.807, 2.05) is 85.0 Å². The molecule has 0 aromatic heterocycles. The number of imide groups is 1. The number of rotatable bonds is 8. The smallest absolute Gasteiger partial charge is 0.238 e. The molecule has 1 saturated carbocycles. The van der Waals surface area contributed by atoms with E-state index in [-0.39, 0.29) is 41.8 Å². The molecular weight excluding hydrogens is 746 g/mol. The molecule has 5 aromatic rings. The zero-order valence-corrected chi connectivity index (χ0v) is 32.4. The van der Waals surface area contributed by atoms with E-state index in [2.05, 4.69) is 0 Å². The number of ether oxygens (including phenoxy) is 2. The predicted molar refractivity (Wildman–Crippen MR) is 222 cm³/mol. The highest BCUT2D eigenvalue weighted by Crippen LogP contribution is 2.64. The Labute approximate surface area is 340 Å². The SMILES string of the molecule is COc1ccc(OC)c(C=Cc2ccc(N3C(=O)C4CC=C5C(CC6C(=O)C(c7ccccc7)=CC(=O)C6(c6ccccc6)C5c5ccc(O)c(F)c5)C4C3=O)cc2)c1. The number of carbonyl (C=O) groups excluding carboxylic acids is 4. The van der Waals surface area contributed by atoms with Crippen molar-refractivity contribution in [3.05, 3.63) is 173 Å². The van der Waals surface area contributed by atoms with E-state index in [1.54, 1.807) is 56.7 Å². The van der Waals surface area contributed by atoms with Crippen LogP contribution in [0.15, 0.2) is 139 Å². The number of hydrogen-bond donors (Lipinski definition) is 1. The Hall–Kier alpha value is -6.87. The molecule has 6 atom stereocenters. The lowest BCUT2D eigenvalue weighted by Crippen LogP contribution is -2.58. The molecule has 1 heterocycles. The van der Waals surface area contributed by atoms with Gasteiger partial charge in [0.15, 0.2) is 23.1 Å². The maximum absolute atomic E-state index is 15.4. The van der Waals surface area contributed by atoms with E-state index in [1.165, 1.54) is 23.1 Å². The van der Waals surface area contributed by atoms with Gasteiger partial charge in [-0.25, -0.2) is 4.39 Å². The molecule has 1 aliphatic heterocycles. The highest BCUT2D eigenvalue weighted by Gasteiger charge is 2.66. The minimum Gasteiger partial charge on any atom is -0.505 e. The van der Waals surface area contributed by atoms with Crippen LogP contribution in [0.4, 0.5) is 10.1 Å². The molecule has 294 valence electrons. The van der Waals surface area contributed by atoms with E-state index in [0.717, 1.165) is 11.1 Å². The first-order valence-electron chi connectivity index (χ1n) is 19.6. The van der Waals surface area contributed by atoms with Crippen LogP contribution in [0.3, 0.4) is 0 Å². The summed E-state index contributed by atoms with van der Waals surface area (Å²) in [6.45, 7) is 0. The van der Waals surface area contributed by atoms with E-state index < -0.39 is 46.6 Å². The van der Waals surface area contributed by atoms with Gasteiger partial charge in [0, 0.05) is 23.0 Å². The molecule has 3 aliphatic carbocycles. The summed E-state index contributed by atoms with van der Waals surface area (Å²) < 4.78 is 26.3. The largest absolute Gasteiger partial charge is 0.505 e. The van der Waals surface area contributed by atoms with Crippen molar-refractivity contribution in [2.45, 2.75) is 24.2 Å². The fourth-order valence-corrected chi connectivity index (χ4v) is 10.1. The molecule has 4 aliphatic rings. The Kier molecular flexibility index (Phi) is 9.46. The zero-order valence-electron chi connectivity index (χ0n) is 32.4. The van der Waals surface area contributed by atoms with Crippen LogP contribution in [-0.4, -0.2) is 42.7 Å². The summed E-state index contributed by atoms with van der Waals surface area (Å²) in [5.74, 6) is -5.32. The number of allylic oxidation sites excluding steroid dienone is 4. The van der Waals surface area contributed by atoms with Crippen molar-refractivity contribution >= 4 is 46.8 Å². The number of phenols is 1. The molecule has 5 aromatic carbocycles. The molecule has 8 nitrogen and oxygen atoms in total. The summed E-state index contributed by atoms with van der Waals surface area (Å²) in [7, 11) is 3.19. The van der Waals surface area contributed by atoms with Gasteiger partial charge < -0.3 is 14.6 Å². The molecule has 0 radical (unpaired) electrons. The lowest BCUT2D eigenvalue weighted by atomic mass is 9.44. The Morgan fingerprint density at radius 3 is 2.20 bits per heavy atom. The molecule has 9 rings (SSSR count). The predicted octanol–water partition coefficient (Wildman–Crippen LogP) is 8.75. The van der Waals surface area contributed by atoms with Crippen LogP contribution >= 0.6 is 0 Å². The quantitative estimate of drug-likeness (QED) is 0.0952. The van der Waals surface area contributed by atoms with E-state index in [0.29, 0.717) is 39.4 Å². The fourth-order valence-electron chi connectivity index (χ4n) is 10.1. The highest BCUT2D eigenvalue weighted by molar-refractivity contribution is 6.32. The fraction of sp³-hybridized carbons (Fsp3) is 0.200. The number of fused-ring (bicyclic) bond motifs is 4. The van der Waals surface area contributed by atoms with Crippen molar-refractivity contribution < 1.29 is 38.1 Å². The number of amides is 2. The Bertz CT molecular complexity index is 2620. The van der Waals surface area contributed by atoms with Crippen LogP contribution in [0.5, 0.6) is 17.2 Å². The van der Waals surface area contributed by atoms with Crippen molar-refractivity contribution in [3.63, 3.8) is 0 Å². The van der Waals surface area contributed by atoms with Crippen molar-refractivity contribution in [1.29, 1.82) is 0 Å². The average Bonchev–Trinajstić information content (AvgIpc) is 3.53. The first-order chi connectivity index (χ1) is 28.6. The summed E-state index contributed by atoms with van der Waals surface area (Å²) in [4.78, 5) is 60.6. The van der Waals surface area contributed by atoms with E-state index in [9.17, 15) is 14.7 Å². The van der Waals surface area contributed by atoms with Gasteiger partial charge in [0.05, 0.1) is 37.2 Å². The molecule has 0 bridgehead atoms. The van der Waals surface area contributed by atoms with Gasteiger partial charge in [-0.1, -0.05) is 103 Å². The van der Waals surface area contributed by atoms with Gasteiger partial charge in [0.2, 0.25) is 11.8 Å². The van der Waals surface area contributed by atoms with Gasteiger partial charge >= 0.3 is 0 Å². The lowest BCUT2D eigenvalue weighted by molar-refractivity contribution is -0.135. The van der Waals surface area contributed by atoms with E-state index >= 15 is 14.0 Å². The lowest BCUT2D eigenvalue weighted by Gasteiger charge is -2.55. The number of nitrogens with zero attached hydrogens (tertiary/aromatic N) is 1. The van der Waals surface area contributed by atoms with Gasteiger partial charge in [-0.05, 0) is 89.6 Å². The Morgan fingerprint density at radius 2 is 1.51 bits per heavy atom. The van der Waals surface area contributed by atoms with Crippen LogP contribution in [0, 0.1) is 29.5 Å². The van der Waals surface area contributed by atoms with Crippen LogP contribution in [-0.2, 0) is 24.6 Å². The molecule has 9 heteroatoms. The third kappa shape index (κ3) is 6.02. The number of methoxy groups -OCH3 is 2. The van der Waals surface area contributed by atoms with Crippen molar-refractivity contribution in [1.82, 2.24) is 0 Å². The number of benzene rings is 5. The number of aromatic hydroxyl groups is 1. The Balaban J connectivity index is 1.12. The Morgan fingerprint density at radius 1 is 0.780 bits per heavy atom. The molecule has 2 amide bonds. The number of carbonyl (C=O) groups is 4. The van der Waals surface area contributed by atoms with Gasteiger partial charge in [-0.15, -0.1) is 0 Å². The number of halogens is 1. The summed E-state index contributed by atoms with van der Waals surface area (Å²) in [5.41, 5.74) is 3.15. The van der Waals surface area contributed by atoms with Crippen LogP contribution < -0.4 is 14.4 Å². The van der Waals surface area contributed by atoms with Gasteiger partial charge in [0.1, 0.15) is 11.5 Å². The maximum Gasteiger partial charge on any atom is 0.238 e. The molecule has 1 N–H and O–H groups in total. The van der Waals surface area contributed by atoms with E-state index in [4.69, 9.17) is 9.47 Å². The number of anilines is 1. The van der Waals surface area contributed by atoms with Gasteiger partial charge in [0.25, 0.3) is 0 Å². The van der Waals surface area contributed by atoms with Crippen LogP contribution in [0.2, 0.25) is 0 Å². The van der Waals surface area contributed by atoms with Crippen molar-refractivity contribution in [2.75, 3.05) is 19.1 Å². The summed E-state index contributed by atoms with van der Waals surface area (Å²) >= 11 is 0. The number of hydrogen-bond acceptors (Lipinski definition) is 7. The number of Topliss-reactive ketones (excluding diaryl/α,β-unsaturated/α-hetero) is 1. The minimum atomic E-state index is -1.50. The second-order valence-electron chi connectivity index (χ2n) is 15.5. The highest BCUT2D eigenvalue weighted by atomic mass is 19.1. The normalized spacial score (nSPS) is 24.9. The zero-order chi connectivity index (χ0) is 41.0. The monoisotopic (exact) mass is 785 g/mol. The molecule has 0 spiro atoms. The average molecular weight is 786 g/mol. The molecule has 2 fully saturated rings. The van der Waals surface area contributed by atoms with Crippen molar-refractivity contribution in [2.24, 2.45) is 23.7 Å². The first-order valence-corrected chi connectivity index (χ1v) is 19.6. The number of ketones is 2. The summed E-state index contributed by atoms with van der Waals surface area (Å²) in [5, 5.41) is 10.3. The summed E-state index contributed by atoms with van der Waals surface area (Å²) in [6, 6.07) is 34.9. The molecule has 6 unspecified atom stereocenters. The maximum atomic E-state index is 15.4.